The van der Waals surface area contributed by atoms with Crippen molar-refractivity contribution in [3.05, 3.63) is 11.6 Å². The maximum Gasteiger partial charge on any atom is 0.303 e. The van der Waals surface area contributed by atoms with E-state index in [-0.39, 0.29) is 34.5 Å². The van der Waals surface area contributed by atoms with Crippen LogP contribution in [0.1, 0.15) is 86.0 Å². The standard InChI is InChI=1S/C24H36O4/c1-15(25)27-21-9-8-19-18-7-6-17-14-22(3,28-16(2)26)12-13-23(17,4)20(18)10-11-24(19,21)5/h6,18-21H,7-14H2,1-5H3/t18?,19?,20?,21?,22-,23-,24-/m0/s1. The SMILES string of the molecule is CC(=O)OC1CCC2C3CC=C4C[C@@](C)(OC(C)=O)CC[C@]4(C)C3CC[C@]12C. The first-order valence-electron chi connectivity index (χ1n) is 11.1. The number of allylic oxidation sites excluding steroid dienone is 1. The number of esters is 2. The van der Waals surface area contributed by atoms with Crippen LogP contribution in [-0.4, -0.2) is 23.6 Å². The van der Waals surface area contributed by atoms with Gasteiger partial charge in [0.05, 0.1) is 0 Å². The first kappa shape index (κ1) is 20.0. The quantitative estimate of drug-likeness (QED) is 0.482. The molecule has 0 bridgehead atoms. The van der Waals surface area contributed by atoms with E-state index in [9.17, 15) is 9.59 Å². The summed E-state index contributed by atoms with van der Waals surface area (Å²) in [6.45, 7) is 9.99. The van der Waals surface area contributed by atoms with Gasteiger partial charge in [-0.3, -0.25) is 9.59 Å². The molecule has 0 amide bonds. The van der Waals surface area contributed by atoms with Crippen LogP contribution in [-0.2, 0) is 19.1 Å². The Morgan fingerprint density at radius 2 is 1.71 bits per heavy atom. The lowest BCUT2D eigenvalue weighted by atomic mass is 9.47. The Hall–Kier alpha value is -1.32. The molecule has 4 nitrogen and oxygen atoms in total. The Morgan fingerprint density at radius 1 is 0.964 bits per heavy atom. The van der Waals surface area contributed by atoms with E-state index in [4.69, 9.17) is 9.47 Å². The van der Waals surface area contributed by atoms with E-state index in [0.717, 1.165) is 38.5 Å². The first-order valence-corrected chi connectivity index (χ1v) is 11.1. The van der Waals surface area contributed by atoms with E-state index in [0.29, 0.717) is 17.8 Å². The molecule has 7 atom stereocenters. The fraction of sp³-hybridized carbons (Fsp3) is 0.833. The molecule has 0 spiro atoms. The Morgan fingerprint density at radius 3 is 2.39 bits per heavy atom. The molecule has 4 aliphatic carbocycles. The molecule has 3 fully saturated rings. The highest BCUT2D eigenvalue weighted by atomic mass is 16.6. The van der Waals surface area contributed by atoms with Gasteiger partial charge in [-0.1, -0.05) is 25.5 Å². The van der Waals surface area contributed by atoms with Crippen LogP contribution in [0.15, 0.2) is 11.6 Å². The van der Waals surface area contributed by atoms with Crippen LogP contribution in [0, 0.1) is 28.6 Å². The van der Waals surface area contributed by atoms with Crippen molar-refractivity contribution >= 4 is 11.9 Å². The average molecular weight is 389 g/mol. The van der Waals surface area contributed by atoms with Gasteiger partial charge in [0.1, 0.15) is 11.7 Å². The zero-order valence-electron chi connectivity index (χ0n) is 18.2. The van der Waals surface area contributed by atoms with Crippen molar-refractivity contribution < 1.29 is 19.1 Å². The fourth-order valence-electron chi connectivity index (χ4n) is 7.57. The minimum Gasteiger partial charge on any atom is -0.462 e. The number of hydrogen-bond donors (Lipinski definition) is 0. The summed E-state index contributed by atoms with van der Waals surface area (Å²) in [4.78, 5) is 23.2. The van der Waals surface area contributed by atoms with E-state index in [1.807, 2.05) is 0 Å². The summed E-state index contributed by atoms with van der Waals surface area (Å²) < 4.78 is 11.5. The van der Waals surface area contributed by atoms with Crippen LogP contribution in [0.4, 0.5) is 0 Å². The van der Waals surface area contributed by atoms with Gasteiger partial charge in [-0.15, -0.1) is 0 Å². The molecule has 156 valence electrons. The van der Waals surface area contributed by atoms with E-state index in [1.165, 1.54) is 25.3 Å². The zero-order valence-corrected chi connectivity index (χ0v) is 18.2. The molecule has 0 aromatic carbocycles. The lowest BCUT2D eigenvalue weighted by Gasteiger charge is -2.58. The van der Waals surface area contributed by atoms with Gasteiger partial charge in [0, 0.05) is 25.7 Å². The zero-order chi connectivity index (χ0) is 20.3. The minimum atomic E-state index is -0.346. The average Bonchev–Trinajstić information content (AvgIpc) is 2.91. The summed E-state index contributed by atoms with van der Waals surface area (Å²) in [7, 11) is 0. The normalized spacial score (nSPS) is 47.2. The van der Waals surface area contributed by atoms with Crippen molar-refractivity contribution in [2.75, 3.05) is 0 Å². The van der Waals surface area contributed by atoms with Gasteiger partial charge in [0.15, 0.2) is 0 Å². The summed E-state index contributed by atoms with van der Waals surface area (Å²) in [5, 5.41) is 0. The second kappa shape index (κ2) is 6.60. The smallest absolute Gasteiger partial charge is 0.303 e. The summed E-state index contributed by atoms with van der Waals surface area (Å²) in [6.07, 6.45) is 11.2. The Bertz CT molecular complexity index is 711. The van der Waals surface area contributed by atoms with Crippen LogP contribution in [0.25, 0.3) is 0 Å². The molecule has 0 aliphatic heterocycles. The Labute approximate surface area is 169 Å². The van der Waals surface area contributed by atoms with Gasteiger partial charge >= 0.3 is 11.9 Å². The number of fused-ring (bicyclic) bond motifs is 5. The molecule has 0 radical (unpaired) electrons. The van der Waals surface area contributed by atoms with Gasteiger partial charge in [0.2, 0.25) is 0 Å². The van der Waals surface area contributed by atoms with Gasteiger partial charge in [-0.05, 0) is 75.0 Å². The number of hydrogen-bond acceptors (Lipinski definition) is 4. The molecule has 0 aromatic rings. The first-order chi connectivity index (χ1) is 13.1. The van der Waals surface area contributed by atoms with E-state index < -0.39 is 0 Å². The summed E-state index contributed by atoms with van der Waals surface area (Å²) >= 11 is 0. The molecule has 0 heterocycles. The molecular formula is C24H36O4. The molecule has 4 heteroatoms. The lowest BCUT2D eigenvalue weighted by molar-refractivity contribution is -0.161. The highest BCUT2D eigenvalue weighted by Crippen LogP contribution is 2.66. The summed E-state index contributed by atoms with van der Waals surface area (Å²) in [5.74, 6) is 1.72. The fourth-order valence-corrected chi connectivity index (χ4v) is 7.57. The maximum atomic E-state index is 11.6. The minimum absolute atomic E-state index is 0.0905. The van der Waals surface area contributed by atoms with Crippen LogP contribution >= 0.6 is 0 Å². The van der Waals surface area contributed by atoms with Gasteiger partial charge in [-0.2, -0.15) is 0 Å². The van der Waals surface area contributed by atoms with Crippen molar-refractivity contribution in [1.29, 1.82) is 0 Å². The van der Waals surface area contributed by atoms with E-state index in [2.05, 4.69) is 26.8 Å². The van der Waals surface area contributed by atoms with Gasteiger partial charge in [-0.25, -0.2) is 0 Å². The topological polar surface area (TPSA) is 52.6 Å². The predicted molar refractivity (Wildman–Crippen MR) is 107 cm³/mol. The predicted octanol–water partition coefficient (Wildman–Crippen LogP) is 5.20. The van der Waals surface area contributed by atoms with Crippen LogP contribution in [0.2, 0.25) is 0 Å². The number of rotatable bonds is 2. The molecule has 0 aromatic heterocycles. The van der Waals surface area contributed by atoms with Crippen LogP contribution in [0.5, 0.6) is 0 Å². The third-order valence-corrected chi connectivity index (χ3v) is 8.97. The van der Waals surface area contributed by atoms with Crippen molar-refractivity contribution in [2.24, 2.45) is 28.6 Å². The van der Waals surface area contributed by atoms with Crippen LogP contribution in [0.3, 0.4) is 0 Å². The maximum absolute atomic E-state index is 11.6. The monoisotopic (exact) mass is 388 g/mol. The van der Waals surface area contributed by atoms with Crippen molar-refractivity contribution in [3.8, 4) is 0 Å². The number of carbonyl (C=O) groups excluding carboxylic acids is 2. The van der Waals surface area contributed by atoms with E-state index >= 15 is 0 Å². The molecule has 28 heavy (non-hydrogen) atoms. The third kappa shape index (κ3) is 3.02. The largest absolute Gasteiger partial charge is 0.462 e. The summed E-state index contributed by atoms with van der Waals surface area (Å²) in [6, 6.07) is 0. The lowest BCUT2D eigenvalue weighted by Crippen LogP contribution is -2.53. The molecule has 4 aliphatic rings. The van der Waals surface area contributed by atoms with Crippen LogP contribution < -0.4 is 0 Å². The van der Waals surface area contributed by atoms with Gasteiger partial charge in [0.25, 0.3) is 0 Å². The molecule has 4 rings (SSSR count). The second-order valence-corrected chi connectivity index (χ2v) is 10.7. The Balaban J connectivity index is 1.58. The molecular weight excluding hydrogens is 352 g/mol. The van der Waals surface area contributed by atoms with Crippen molar-refractivity contribution in [1.82, 2.24) is 0 Å². The number of carbonyl (C=O) groups is 2. The van der Waals surface area contributed by atoms with Crippen molar-refractivity contribution in [2.45, 2.75) is 97.7 Å². The molecule has 0 saturated heterocycles. The molecule has 4 unspecified atom stereocenters. The van der Waals surface area contributed by atoms with Crippen molar-refractivity contribution in [3.63, 3.8) is 0 Å². The third-order valence-electron chi connectivity index (χ3n) is 8.97. The second-order valence-electron chi connectivity index (χ2n) is 10.7. The van der Waals surface area contributed by atoms with E-state index in [1.54, 1.807) is 6.92 Å². The molecule has 0 N–H and O–H groups in total. The highest BCUT2D eigenvalue weighted by molar-refractivity contribution is 5.66. The highest BCUT2D eigenvalue weighted by Gasteiger charge is 2.60. The van der Waals surface area contributed by atoms with Gasteiger partial charge < -0.3 is 9.47 Å². The summed E-state index contributed by atoms with van der Waals surface area (Å²) in [5.41, 5.74) is 1.53. The Kier molecular flexibility index (Phi) is 4.71. The number of ether oxygens (including phenoxy) is 2. The molecule has 3 saturated carbocycles.